The fourth-order valence-electron chi connectivity index (χ4n) is 6.91. The first kappa shape index (κ1) is 30.3. The lowest BCUT2D eigenvalue weighted by atomic mass is 9.50. The molecule has 232 valence electrons. The Morgan fingerprint density at radius 1 is 1.05 bits per heavy atom. The molecule has 2 bridgehead atoms. The second-order valence-corrected chi connectivity index (χ2v) is 11.2. The third kappa shape index (κ3) is 4.68. The Bertz CT molecular complexity index is 1420. The van der Waals surface area contributed by atoms with Gasteiger partial charge in [0.2, 0.25) is 12.2 Å². The van der Waals surface area contributed by atoms with E-state index >= 15 is 0 Å². The van der Waals surface area contributed by atoms with Crippen molar-refractivity contribution in [2.75, 3.05) is 20.7 Å². The average Bonchev–Trinajstić information content (AvgIpc) is 3.29. The summed E-state index contributed by atoms with van der Waals surface area (Å²) in [6.07, 6.45) is -4.05. The smallest absolute Gasteiger partial charge is 0.352 e. The highest BCUT2D eigenvalue weighted by Gasteiger charge is 2.72. The fourth-order valence-corrected chi connectivity index (χ4v) is 6.91. The van der Waals surface area contributed by atoms with Crippen molar-refractivity contribution >= 4 is 29.8 Å². The predicted molar refractivity (Wildman–Crippen MR) is 142 cm³/mol. The largest absolute Gasteiger partial charge is 0.493 e. The minimum Gasteiger partial charge on any atom is -0.493 e. The Hall–Kier alpha value is -4.17. The number of esters is 4. The molecule has 1 spiro atoms. The molecule has 0 amide bonds. The van der Waals surface area contributed by atoms with E-state index in [0.29, 0.717) is 30.9 Å². The van der Waals surface area contributed by atoms with Gasteiger partial charge >= 0.3 is 29.8 Å². The van der Waals surface area contributed by atoms with E-state index in [0.717, 1.165) is 25.0 Å². The van der Waals surface area contributed by atoms with Crippen molar-refractivity contribution in [1.29, 1.82) is 0 Å². The number of aliphatic carboxylic acids is 1. The van der Waals surface area contributed by atoms with Crippen LogP contribution < -0.4 is 9.47 Å². The highest BCUT2D eigenvalue weighted by molar-refractivity contribution is 5.89. The molecular weight excluding hydrogens is 570 g/mol. The molecule has 1 fully saturated rings. The number of likely N-dealkylation sites (N-methyl/N-ethyl adjacent to an activating group) is 1. The number of likely N-dealkylation sites (tertiary alicyclic amines) is 1. The normalized spacial score (nSPS) is 28.6. The summed E-state index contributed by atoms with van der Waals surface area (Å²) in [5.74, 6) is -5.28. The van der Waals surface area contributed by atoms with Gasteiger partial charge in [-0.2, -0.15) is 0 Å². The molecule has 0 unspecified atom stereocenters. The number of aliphatic hydroxyl groups is 1. The van der Waals surface area contributed by atoms with Gasteiger partial charge in [0, 0.05) is 31.9 Å². The molecule has 14 heteroatoms. The second kappa shape index (κ2) is 10.8. The molecule has 14 nitrogen and oxygen atoms in total. The Morgan fingerprint density at radius 2 is 1.72 bits per heavy atom. The molecule has 43 heavy (non-hydrogen) atoms. The standard InChI is InChI=1S/C29H33NO13/c1-13(39-27(36)23(41-15(3)32)22(25(33)34)40-14(2)31)26(35)42-18-8-9-29(37)19-12-16-6-7-17(38-5)21-20(16)28(29,24(18)43-21)10-11-30(19)4/h6-8,13,19,22-24,37H,9-12H2,1-5H3,(H,33,34)/t13-,19-,22+,23+,24+,28+,29-/m0/s1. The number of ether oxygens (including phenoxy) is 6. The average molecular weight is 604 g/mol. The first-order valence-corrected chi connectivity index (χ1v) is 13.7. The van der Waals surface area contributed by atoms with E-state index in [1.165, 1.54) is 14.0 Å². The molecular formula is C29H33NO13. The zero-order chi connectivity index (χ0) is 31.4. The second-order valence-electron chi connectivity index (χ2n) is 11.2. The van der Waals surface area contributed by atoms with Crippen molar-refractivity contribution in [3.63, 3.8) is 0 Å². The number of hydrogen-bond donors (Lipinski definition) is 2. The van der Waals surface area contributed by atoms with Crippen LogP contribution in [0.15, 0.2) is 24.0 Å². The molecule has 0 saturated carbocycles. The van der Waals surface area contributed by atoms with Crippen LogP contribution in [0.1, 0.15) is 44.7 Å². The van der Waals surface area contributed by atoms with Gasteiger partial charge in [-0.25, -0.2) is 14.4 Å². The molecule has 0 aromatic heterocycles. The van der Waals surface area contributed by atoms with Gasteiger partial charge in [0.15, 0.2) is 23.7 Å². The molecule has 2 aliphatic carbocycles. The van der Waals surface area contributed by atoms with Crippen molar-refractivity contribution in [2.24, 2.45) is 0 Å². The summed E-state index contributed by atoms with van der Waals surface area (Å²) in [7, 11) is 3.48. The number of carbonyl (C=O) groups is 5. The summed E-state index contributed by atoms with van der Waals surface area (Å²) >= 11 is 0. The molecule has 2 heterocycles. The van der Waals surface area contributed by atoms with Crippen LogP contribution in [0.2, 0.25) is 0 Å². The molecule has 4 aliphatic rings. The Morgan fingerprint density at radius 3 is 2.35 bits per heavy atom. The summed E-state index contributed by atoms with van der Waals surface area (Å²) in [4.78, 5) is 62.8. The van der Waals surface area contributed by atoms with Crippen molar-refractivity contribution in [3.05, 3.63) is 35.1 Å². The number of carboxylic acids is 1. The van der Waals surface area contributed by atoms with Gasteiger partial charge in [0.05, 0.1) is 18.1 Å². The summed E-state index contributed by atoms with van der Waals surface area (Å²) < 4.78 is 32.2. The van der Waals surface area contributed by atoms with Crippen LogP contribution in [0.4, 0.5) is 0 Å². The van der Waals surface area contributed by atoms with Crippen LogP contribution in [0.5, 0.6) is 11.5 Å². The maximum atomic E-state index is 13.2. The predicted octanol–water partition coefficient (Wildman–Crippen LogP) is 0.396. The fraction of sp³-hybridized carbons (Fsp3) is 0.552. The molecule has 1 aromatic carbocycles. The molecule has 5 rings (SSSR count). The Kier molecular flexibility index (Phi) is 7.63. The minimum absolute atomic E-state index is 0.117. The van der Waals surface area contributed by atoms with E-state index in [9.17, 15) is 34.2 Å². The number of rotatable bonds is 9. The Balaban J connectivity index is 1.40. The molecule has 0 radical (unpaired) electrons. The topological polar surface area (TPSA) is 184 Å². The van der Waals surface area contributed by atoms with E-state index in [2.05, 4.69) is 9.64 Å². The highest BCUT2D eigenvalue weighted by Crippen LogP contribution is 2.65. The van der Waals surface area contributed by atoms with E-state index in [-0.39, 0.29) is 18.2 Å². The van der Waals surface area contributed by atoms with E-state index in [1.54, 1.807) is 12.1 Å². The SMILES string of the molecule is COc1ccc2c3c1O[C@@H]1C(OC(=O)[C@H](C)OC(=O)[C@H](OC(C)=O)[C@@H](OC(C)=O)C(=O)O)=CC[C@]4(O)[C@H](C2)N(C)CC[C@@]314. The zero-order valence-electron chi connectivity index (χ0n) is 24.3. The van der Waals surface area contributed by atoms with Gasteiger partial charge in [-0.1, -0.05) is 6.07 Å². The molecule has 2 N–H and O–H groups in total. The van der Waals surface area contributed by atoms with Crippen LogP contribution in [0, 0.1) is 0 Å². The lowest BCUT2D eigenvalue weighted by molar-refractivity contribution is -0.193. The van der Waals surface area contributed by atoms with E-state index in [1.807, 2.05) is 13.1 Å². The van der Waals surface area contributed by atoms with Crippen LogP contribution in [-0.2, 0) is 54.8 Å². The number of methoxy groups -OCH3 is 1. The third-order valence-electron chi connectivity index (χ3n) is 8.74. The lowest BCUT2D eigenvalue weighted by Gasteiger charge is -2.61. The summed E-state index contributed by atoms with van der Waals surface area (Å²) in [5, 5.41) is 21.7. The van der Waals surface area contributed by atoms with Gasteiger partial charge in [-0.3, -0.25) is 9.59 Å². The summed E-state index contributed by atoms with van der Waals surface area (Å²) in [6.45, 7) is 3.66. The highest BCUT2D eigenvalue weighted by atomic mass is 16.6. The number of benzene rings is 1. The van der Waals surface area contributed by atoms with Crippen LogP contribution in [0.25, 0.3) is 0 Å². The number of nitrogens with zero attached hydrogens (tertiary/aromatic N) is 1. The van der Waals surface area contributed by atoms with Gasteiger partial charge in [-0.15, -0.1) is 0 Å². The maximum Gasteiger partial charge on any atom is 0.352 e. The lowest BCUT2D eigenvalue weighted by Crippen LogP contribution is -2.74. The third-order valence-corrected chi connectivity index (χ3v) is 8.74. The van der Waals surface area contributed by atoms with Crippen LogP contribution in [-0.4, -0.2) is 102 Å². The van der Waals surface area contributed by atoms with Crippen LogP contribution in [0.3, 0.4) is 0 Å². The number of carbonyl (C=O) groups excluding carboxylic acids is 4. The summed E-state index contributed by atoms with van der Waals surface area (Å²) in [5.41, 5.74) is -0.334. The first-order chi connectivity index (χ1) is 20.2. The quantitative estimate of drug-likeness (QED) is 0.292. The van der Waals surface area contributed by atoms with Gasteiger partial charge in [0.1, 0.15) is 5.76 Å². The number of hydrogen-bond acceptors (Lipinski definition) is 13. The molecule has 1 aromatic rings. The molecule has 7 atom stereocenters. The van der Waals surface area contributed by atoms with Gasteiger partial charge in [0.25, 0.3) is 0 Å². The van der Waals surface area contributed by atoms with Crippen molar-refractivity contribution in [2.45, 2.75) is 81.5 Å². The van der Waals surface area contributed by atoms with Gasteiger partial charge in [-0.05, 0) is 51.1 Å². The van der Waals surface area contributed by atoms with E-state index < -0.39 is 65.3 Å². The molecule has 1 saturated heterocycles. The monoisotopic (exact) mass is 603 g/mol. The number of piperidine rings is 1. The van der Waals surface area contributed by atoms with Crippen molar-refractivity contribution in [1.82, 2.24) is 4.90 Å². The number of carboxylic acid groups (broad SMARTS) is 1. The molecule has 2 aliphatic heterocycles. The summed E-state index contributed by atoms with van der Waals surface area (Å²) in [6, 6.07) is 3.55. The Labute approximate surface area is 246 Å². The van der Waals surface area contributed by atoms with E-state index in [4.69, 9.17) is 23.7 Å². The van der Waals surface area contributed by atoms with Crippen molar-refractivity contribution in [3.8, 4) is 11.5 Å². The van der Waals surface area contributed by atoms with Crippen LogP contribution >= 0.6 is 0 Å². The maximum absolute atomic E-state index is 13.2. The zero-order valence-corrected chi connectivity index (χ0v) is 24.3. The van der Waals surface area contributed by atoms with Crippen molar-refractivity contribution < 1.29 is 62.6 Å². The minimum atomic E-state index is -2.21. The first-order valence-electron chi connectivity index (χ1n) is 13.7. The van der Waals surface area contributed by atoms with Gasteiger partial charge < -0.3 is 43.5 Å².